The van der Waals surface area contributed by atoms with E-state index < -0.39 is 0 Å². The zero-order valence-electron chi connectivity index (χ0n) is 9.08. The van der Waals surface area contributed by atoms with Gasteiger partial charge in [0.2, 0.25) is 5.88 Å². The van der Waals surface area contributed by atoms with Crippen LogP contribution in [-0.4, -0.2) is 26.2 Å². The second-order valence-corrected chi connectivity index (χ2v) is 3.35. The first-order valence-electron chi connectivity index (χ1n) is 4.83. The fourth-order valence-electron chi connectivity index (χ4n) is 1.23. The minimum Gasteiger partial charge on any atom is -0.437 e. The molecule has 0 unspecified atom stereocenters. The second-order valence-electron chi connectivity index (χ2n) is 3.35. The lowest BCUT2D eigenvalue weighted by molar-refractivity contribution is 0.318. The van der Waals surface area contributed by atoms with E-state index in [1.54, 1.807) is 18.2 Å². The molecule has 7 heteroatoms. The molecule has 2 rings (SSSR count). The maximum atomic E-state index is 8.54. The highest BCUT2D eigenvalue weighted by molar-refractivity contribution is 5.95. The Bertz CT molecular complexity index is 549. The van der Waals surface area contributed by atoms with Crippen molar-refractivity contribution in [2.24, 2.45) is 10.9 Å². The first-order valence-corrected chi connectivity index (χ1v) is 4.83. The minimum absolute atomic E-state index is 0.0753. The van der Waals surface area contributed by atoms with E-state index in [0.29, 0.717) is 17.3 Å². The van der Waals surface area contributed by atoms with Crippen LogP contribution in [0.1, 0.15) is 11.4 Å². The fraction of sp³-hybridized carbons (Fsp3) is 0.100. The molecule has 2 aromatic heterocycles. The predicted molar refractivity (Wildman–Crippen MR) is 60.1 cm³/mol. The molecule has 2 heterocycles. The number of H-pyrrole nitrogens is 1. The average Bonchev–Trinajstić information content (AvgIpc) is 2.74. The number of hydrogen-bond donors (Lipinski definition) is 3. The summed E-state index contributed by atoms with van der Waals surface area (Å²) in [5, 5.41) is 18.1. The van der Waals surface area contributed by atoms with Crippen molar-refractivity contribution in [3.8, 4) is 11.6 Å². The van der Waals surface area contributed by atoms with Gasteiger partial charge in [-0.15, -0.1) is 5.10 Å². The highest BCUT2D eigenvalue weighted by atomic mass is 16.5. The molecule has 0 aliphatic heterocycles. The summed E-state index contributed by atoms with van der Waals surface area (Å²) in [7, 11) is 0. The maximum absolute atomic E-state index is 8.54. The molecule has 0 radical (unpaired) electrons. The molecule has 17 heavy (non-hydrogen) atoms. The number of ether oxygens (including phenoxy) is 1. The van der Waals surface area contributed by atoms with Gasteiger partial charge in [0.25, 0.3) is 0 Å². The predicted octanol–water partition coefficient (Wildman–Crippen LogP) is 1.000. The van der Waals surface area contributed by atoms with Crippen molar-refractivity contribution in [1.82, 2.24) is 15.2 Å². The number of pyridine rings is 1. The summed E-state index contributed by atoms with van der Waals surface area (Å²) in [6.07, 6.45) is 1.50. The molecular weight excluding hydrogens is 222 g/mol. The first kappa shape index (κ1) is 10.9. The fourth-order valence-corrected chi connectivity index (χ4v) is 1.23. The SMILES string of the molecule is Cc1cc(Oc2ccnc(/C(N)=N/O)c2)n[nH]1. The summed E-state index contributed by atoms with van der Waals surface area (Å²) in [5.41, 5.74) is 6.65. The topological polar surface area (TPSA) is 109 Å². The van der Waals surface area contributed by atoms with Crippen LogP contribution in [0.25, 0.3) is 0 Å². The van der Waals surface area contributed by atoms with Crippen molar-refractivity contribution in [1.29, 1.82) is 0 Å². The van der Waals surface area contributed by atoms with E-state index in [4.69, 9.17) is 15.7 Å². The van der Waals surface area contributed by atoms with Crippen molar-refractivity contribution in [3.05, 3.63) is 35.8 Å². The number of aryl methyl sites for hydroxylation is 1. The Balaban J connectivity index is 2.22. The number of hydrogen-bond acceptors (Lipinski definition) is 5. The lowest BCUT2D eigenvalue weighted by Crippen LogP contribution is -2.14. The second kappa shape index (κ2) is 4.52. The molecule has 0 saturated heterocycles. The van der Waals surface area contributed by atoms with E-state index in [0.717, 1.165) is 5.69 Å². The maximum Gasteiger partial charge on any atom is 0.238 e. The van der Waals surface area contributed by atoms with Crippen LogP contribution in [0.3, 0.4) is 0 Å². The lowest BCUT2D eigenvalue weighted by Gasteiger charge is -2.03. The van der Waals surface area contributed by atoms with E-state index in [9.17, 15) is 0 Å². The number of nitrogens with two attached hydrogens (primary N) is 1. The number of rotatable bonds is 3. The quantitative estimate of drug-likeness (QED) is 0.317. The van der Waals surface area contributed by atoms with E-state index in [1.165, 1.54) is 6.20 Å². The summed E-state index contributed by atoms with van der Waals surface area (Å²) < 4.78 is 5.46. The smallest absolute Gasteiger partial charge is 0.238 e. The monoisotopic (exact) mass is 233 g/mol. The molecule has 0 saturated carbocycles. The van der Waals surface area contributed by atoms with Crippen LogP contribution in [-0.2, 0) is 0 Å². The van der Waals surface area contributed by atoms with Crippen molar-refractivity contribution in [3.63, 3.8) is 0 Å². The summed E-state index contributed by atoms with van der Waals surface area (Å²) in [5.74, 6) is 0.876. The summed E-state index contributed by atoms with van der Waals surface area (Å²) in [6, 6.07) is 4.96. The van der Waals surface area contributed by atoms with Gasteiger partial charge in [-0.25, -0.2) is 0 Å². The molecule has 7 nitrogen and oxygen atoms in total. The highest BCUT2D eigenvalue weighted by Gasteiger charge is 2.05. The van der Waals surface area contributed by atoms with Crippen LogP contribution < -0.4 is 10.5 Å². The van der Waals surface area contributed by atoms with Crippen LogP contribution in [0.4, 0.5) is 0 Å². The Morgan fingerprint density at radius 3 is 3.00 bits per heavy atom. The number of amidine groups is 1. The number of aromatic nitrogens is 3. The van der Waals surface area contributed by atoms with Gasteiger partial charge in [-0.2, -0.15) is 0 Å². The Morgan fingerprint density at radius 2 is 2.35 bits per heavy atom. The number of nitrogens with one attached hydrogen (secondary N) is 1. The average molecular weight is 233 g/mol. The summed E-state index contributed by atoms with van der Waals surface area (Å²) >= 11 is 0. The molecule has 0 bridgehead atoms. The standard InChI is InChI=1S/C10H11N5O2/c1-6-4-9(14-13-6)17-7-2-3-12-8(5-7)10(11)15-16/h2-5,16H,1H3,(H2,11,15)(H,13,14). The van der Waals surface area contributed by atoms with Gasteiger partial charge in [0, 0.05) is 24.0 Å². The zero-order chi connectivity index (χ0) is 12.3. The third-order valence-corrected chi connectivity index (χ3v) is 2.01. The molecule has 4 N–H and O–H groups in total. The van der Waals surface area contributed by atoms with Crippen LogP contribution >= 0.6 is 0 Å². The molecular formula is C10H11N5O2. The first-order chi connectivity index (χ1) is 8.19. The van der Waals surface area contributed by atoms with Crippen LogP contribution in [0, 0.1) is 6.92 Å². The van der Waals surface area contributed by atoms with Crippen LogP contribution in [0.2, 0.25) is 0 Å². The Morgan fingerprint density at radius 1 is 1.53 bits per heavy atom. The Hall–Kier alpha value is -2.57. The molecule has 88 valence electrons. The molecule has 0 atom stereocenters. The van der Waals surface area contributed by atoms with Gasteiger partial charge >= 0.3 is 0 Å². The van der Waals surface area contributed by atoms with Crippen LogP contribution in [0.15, 0.2) is 29.6 Å². The number of nitrogens with zero attached hydrogens (tertiary/aromatic N) is 3. The van der Waals surface area contributed by atoms with Crippen molar-refractivity contribution in [2.75, 3.05) is 0 Å². The van der Waals surface area contributed by atoms with E-state index in [1.807, 2.05) is 6.92 Å². The third kappa shape index (κ3) is 2.51. The lowest BCUT2D eigenvalue weighted by atomic mass is 10.3. The van der Waals surface area contributed by atoms with E-state index >= 15 is 0 Å². The molecule has 2 aromatic rings. The Kier molecular flexibility index (Phi) is 2.91. The zero-order valence-corrected chi connectivity index (χ0v) is 9.08. The molecule has 0 fully saturated rings. The Labute approximate surface area is 96.9 Å². The minimum atomic E-state index is -0.0753. The van der Waals surface area contributed by atoms with Gasteiger partial charge in [0.05, 0.1) is 0 Å². The normalized spacial score (nSPS) is 11.5. The molecule has 0 aromatic carbocycles. The molecule has 0 aliphatic rings. The van der Waals surface area contributed by atoms with Crippen molar-refractivity contribution >= 4 is 5.84 Å². The largest absolute Gasteiger partial charge is 0.437 e. The summed E-state index contributed by atoms with van der Waals surface area (Å²) in [4.78, 5) is 3.93. The van der Waals surface area contributed by atoms with Gasteiger partial charge in [0.1, 0.15) is 11.4 Å². The van der Waals surface area contributed by atoms with Crippen LogP contribution in [0.5, 0.6) is 11.6 Å². The van der Waals surface area contributed by atoms with Gasteiger partial charge in [-0.05, 0) is 13.0 Å². The van der Waals surface area contributed by atoms with Crippen molar-refractivity contribution in [2.45, 2.75) is 6.92 Å². The van der Waals surface area contributed by atoms with E-state index in [-0.39, 0.29) is 5.84 Å². The number of aromatic amines is 1. The third-order valence-electron chi connectivity index (χ3n) is 2.01. The highest BCUT2D eigenvalue weighted by Crippen LogP contribution is 2.19. The van der Waals surface area contributed by atoms with Gasteiger partial charge in [0.15, 0.2) is 5.84 Å². The van der Waals surface area contributed by atoms with Crippen molar-refractivity contribution < 1.29 is 9.94 Å². The van der Waals surface area contributed by atoms with E-state index in [2.05, 4.69) is 20.3 Å². The summed E-state index contributed by atoms with van der Waals surface area (Å²) in [6.45, 7) is 1.87. The molecule has 0 aliphatic carbocycles. The van der Waals surface area contributed by atoms with Gasteiger partial charge < -0.3 is 15.7 Å². The van der Waals surface area contributed by atoms with Gasteiger partial charge in [-0.3, -0.25) is 10.1 Å². The number of oxime groups is 1. The van der Waals surface area contributed by atoms with Gasteiger partial charge in [-0.1, -0.05) is 5.16 Å². The molecule has 0 spiro atoms. The molecule has 0 amide bonds.